The maximum absolute atomic E-state index is 13.3. The van der Waals surface area contributed by atoms with E-state index in [0.717, 1.165) is 13.1 Å². The molecule has 0 aromatic heterocycles. The molecule has 1 atom stereocenters. The number of ketones is 1. The van der Waals surface area contributed by atoms with Crippen molar-refractivity contribution in [1.29, 1.82) is 0 Å². The molecule has 35 heavy (non-hydrogen) atoms. The summed E-state index contributed by atoms with van der Waals surface area (Å²) >= 11 is 0. The number of carbonyl (C=O) groups excluding carboxylic acids is 2. The van der Waals surface area contributed by atoms with Crippen molar-refractivity contribution in [1.82, 2.24) is 9.80 Å². The second kappa shape index (κ2) is 11.2. The Labute approximate surface area is 205 Å². The Morgan fingerprint density at radius 2 is 1.83 bits per heavy atom. The van der Waals surface area contributed by atoms with Gasteiger partial charge in [-0.05, 0) is 30.3 Å². The molecule has 0 bridgehead atoms. The van der Waals surface area contributed by atoms with Crippen molar-refractivity contribution in [3.63, 3.8) is 0 Å². The molecule has 4 rings (SSSR count). The molecule has 0 radical (unpaired) electrons. The maximum Gasteiger partial charge on any atom is 0.295 e. The molecule has 2 heterocycles. The van der Waals surface area contributed by atoms with E-state index in [1.54, 1.807) is 43.5 Å². The number of ether oxygens (including phenoxy) is 3. The first-order valence-corrected chi connectivity index (χ1v) is 11.6. The predicted molar refractivity (Wildman–Crippen MR) is 131 cm³/mol. The van der Waals surface area contributed by atoms with E-state index in [9.17, 15) is 14.7 Å². The third-order valence-corrected chi connectivity index (χ3v) is 6.23. The van der Waals surface area contributed by atoms with Gasteiger partial charge in [-0.15, -0.1) is 0 Å². The highest BCUT2D eigenvalue weighted by Gasteiger charge is 2.47. The zero-order chi connectivity index (χ0) is 24.8. The summed E-state index contributed by atoms with van der Waals surface area (Å²) in [6.07, 6.45) is 1.64. The van der Waals surface area contributed by atoms with Gasteiger partial charge in [-0.2, -0.15) is 0 Å². The summed E-state index contributed by atoms with van der Waals surface area (Å²) < 4.78 is 16.5. The molecule has 1 amide bonds. The second-order valence-electron chi connectivity index (χ2n) is 8.31. The van der Waals surface area contributed by atoms with Gasteiger partial charge in [0.1, 0.15) is 23.9 Å². The van der Waals surface area contributed by atoms with Crippen molar-refractivity contribution < 1.29 is 28.9 Å². The average Bonchev–Trinajstić information content (AvgIpc) is 3.16. The van der Waals surface area contributed by atoms with Crippen LogP contribution in [0.4, 0.5) is 0 Å². The minimum Gasteiger partial charge on any atom is -0.507 e. The van der Waals surface area contributed by atoms with Crippen LogP contribution in [0.15, 0.2) is 66.8 Å². The maximum atomic E-state index is 13.3. The van der Waals surface area contributed by atoms with Crippen LogP contribution in [-0.2, 0) is 14.3 Å². The number of aliphatic hydroxyl groups excluding tert-OH is 1. The molecule has 0 spiro atoms. The van der Waals surface area contributed by atoms with E-state index < -0.39 is 17.7 Å². The number of methoxy groups -OCH3 is 1. The Morgan fingerprint density at radius 3 is 2.51 bits per heavy atom. The molecule has 1 N–H and O–H groups in total. The Bertz CT molecular complexity index is 1100. The van der Waals surface area contributed by atoms with Crippen LogP contribution in [0, 0.1) is 0 Å². The van der Waals surface area contributed by atoms with Crippen LogP contribution >= 0.6 is 0 Å². The predicted octanol–water partition coefficient (Wildman–Crippen LogP) is 3.01. The van der Waals surface area contributed by atoms with Gasteiger partial charge in [0, 0.05) is 37.3 Å². The van der Waals surface area contributed by atoms with E-state index in [1.807, 2.05) is 18.2 Å². The lowest BCUT2D eigenvalue weighted by atomic mass is 9.94. The van der Waals surface area contributed by atoms with Gasteiger partial charge in [0.25, 0.3) is 11.7 Å². The molecule has 8 heteroatoms. The fourth-order valence-electron chi connectivity index (χ4n) is 4.42. The Balaban J connectivity index is 1.72. The summed E-state index contributed by atoms with van der Waals surface area (Å²) in [4.78, 5) is 30.2. The zero-order valence-corrected chi connectivity index (χ0v) is 19.8. The minimum absolute atomic E-state index is 0.0428. The Morgan fingerprint density at radius 1 is 1.11 bits per heavy atom. The van der Waals surface area contributed by atoms with E-state index >= 15 is 0 Å². The van der Waals surface area contributed by atoms with Gasteiger partial charge < -0.3 is 24.2 Å². The highest BCUT2D eigenvalue weighted by molar-refractivity contribution is 6.46. The lowest BCUT2D eigenvalue weighted by molar-refractivity contribution is -0.140. The van der Waals surface area contributed by atoms with Gasteiger partial charge in [0.05, 0.1) is 31.9 Å². The highest BCUT2D eigenvalue weighted by atomic mass is 16.5. The number of para-hydroxylation sites is 1. The molecule has 0 unspecified atom stereocenters. The number of Topliss-reactive ketones (excluding diaryl/α,β-unsaturated/α-hetero) is 1. The van der Waals surface area contributed by atoms with Crippen molar-refractivity contribution in [2.45, 2.75) is 6.04 Å². The molecule has 2 fully saturated rings. The number of benzene rings is 2. The lowest BCUT2D eigenvalue weighted by Crippen LogP contribution is -2.42. The number of likely N-dealkylation sites (tertiary alicyclic amines) is 1. The average molecular weight is 479 g/mol. The van der Waals surface area contributed by atoms with Gasteiger partial charge >= 0.3 is 0 Å². The van der Waals surface area contributed by atoms with Crippen LogP contribution in [-0.4, -0.2) is 79.7 Å². The molecule has 2 aliphatic rings. The third kappa shape index (κ3) is 5.23. The Kier molecular flexibility index (Phi) is 7.84. The minimum atomic E-state index is -0.774. The normalized spacial score (nSPS) is 20.1. The molecular formula is C27H30N2O6. The van der Waals surface area contributed by atoms with Gasteiger partial charge in [-0.3, -0.25) is 14.5 Å². The van der Waals surface area contributed by atoms with Gasteiger partial charge in [-0.25, -0.2) is 0 Å². The fourth-order valence-corrected chi connectivity index (χ4v) is 4.42. The summed E-state index contributed by atoms with van der Waals surface area (Å²) in [7, 11) is 1.54. The summed E-state index contributed by atoms with van der Waals surface area (Å²) in [5.74, 6) is -0.444. The first-order chi connectivity index (χ1) is 17.0. The quantitative estimate of drug-likeness (QED) is 0.257. The number of nitrogens with zero attached hydrogens (tertiary/aromatic N) is 2. The van der Waals surface area contributed by atoms with Gasteiger partial charge in [0.15, 0.2) is 0 Å². The smallest absolute Gasteiger partial charge is 0.295 e. The van der Waals surface area contributed by atoms with Crippen LogP contribution in [0.25, 0.3) is 5.76 Å². The van der Waals surface area contributed by atoms with Gasteiger partial charge in [0.2, 0.25) is 0 Å². The van der Waals surface area contributed by atoms with Crippen molar-refractivity contribution >= 4 is 17.4 Å². The SMILES string of the molecule is C=CCOc1ccc(/C(O)=C2\C(=O)C(=O)N(CCN3CCOCC3)[C@@H]2c2ccccc2OC)cc1. The van der Waals surface area contributed by atoms with E-state index in [0.29, 0.717) is 55.5 Å². The fraction of sp³-hybridized carbons (Fsp3) is 0.333. The molecule has 2 saturated heterocycles. The molecule has 2 aromatic rings. The van der Waals surface area contributed by atoms with Crippen molar-refractivity contribution in [3.8, 4) is 11.5 Å². The molecule has 2 aliphatic heterocycles. The number of amides is 1. The summed E-state index contributed by atoms with van der Waals surface area (Å²) in [5.41, 5.74) is 1.10. The second-order valence-corrected chi connectivity index (χ2v) is 8.31. The van der Waals surface area contributed by atoms with Crippen LogP contribution in [0.3, 0.4) is 0 Å². The standard InChI is InChI=1S/C27H30N2O6/c1-3-16-35-20-10-8-19(9-11-20)25(30)23-24(21-6-4-5-7-22(21)33-2)29(27(32)26(23)31)13-12-28-14-17-34-18-15-28/h3-11,24,30H,1,12-18H2,2H3/b25-23+/t24-/m1/s1. The van der Waals surface area contributed by atoms with Crippen molar-refractivity contribution in [2.24, 2.45) is 0 Å². The number of hydrogen-bond acceptors (Lipinski definition) is 7. The largest absolute Gasteiger partial charge is 0.507 e. The lowest BCUT2D eigenvalue weighted by Gasteiger charge is -2.31. The number of rotatable bonds is 9. The van der Waals surface area contributed by atoms with E-state index in [2.05, 4.69) is 11.5 Å². The first-order valence-electron chi connectivity index (χ1n) is 11.6. The monoisotopic (exact) mass is 478 g/mol. The van der Waals surface area contributed by atoms with Crippen LogP contribution in [0.2, 0.25) is 0 Å². The van der Waals surface area contributed by atoms with Crippen LogP contribution < -0.4 is 9.47 Å². The number of hydrogen-bond donors (Lipinski definition) is 1. The highest BCUT2D eigenvalue weighted by Crippen LogP contribution is 2.42. The topological polar surface area (TPSA) is 88.5 Å². The molecule has 0 aliphatic carbocycles. The number of morpholine rings is 1. The van der Waals surface area contributed by atoms with E-state index in [1.165, 1.54) is 4.90 Å². The number of carbonyl (C=O) groups is 2. The van der Waals surface area contributed by atoms with E-state index in [-0.39, 0.29) is 11.3 Å². The summed E-state index contributed by atoms with van der Waals surface area (Å²) in [6, 6.07) is 13.2. The zero-order valence-electron chi connectivity index (χ0n) is 19.8. The Hall–Kier alpha value is -3.62. The summed E-state index contributed by atoms with van der Waals surface area (Å²) in [5, 5.41) is 11.3. The molecule has 2 aromatic carbocycles. The molecular weight excluding hydrogens is 448 g/mol. The van der Waals surface area contributed by atoms with Crippen molar-refractivity contribution in [2.75, 3.05) is 53.1 Å². The number of aliphatic hydroxyl groups is 1. The van der Waals surface area contributed by atoms with Crippen molar-refractivity contribution in [3.05, 3.63) is 77.9 Å². The molecule has 0 saturated carbocycles. The first kappa shape index (κ1) is 24.5. The summed E-state index contributed by atoms with van der Waals surface area (Å²) in [6.45, 7) is 7.72. The van der Waals surface area contributed by atoms with E-state index in [4.69, 9.17) is 14.2 Å². The van der Waals surface area contributed by atoms with Crippen LogP contribution in [0.1, 0.15) is 17.2 Å². The van der Waals surface area contributed by atoms with Gasteiger partial charge in [-0.1, -0.05) is 30.9 Å². The van der Waals surface area contributed by atoms with Crippen LogP contribution in [0.5, 0.6) is 11.5 Å². The third-order valence-electron chi connectivity index (χ3n) is 6.23. The molecule has 8 nitrogen and oxygen atoms in total. The molecule has 184 valence electrons.